The predicted molar refractivity (Wildman–Crippen MR) is 120 cm³/mol. The maximum Gasteiger partial charge on any atom is 0.326 e. The highest BCUT2D eigenvalue weighted by Crippen LogP contribution is 2.39. The number of fused-ring (bicyclic) bond motifs is 1. The van der Waals surface area contributed by atoms with Crippen molar-refractivity contribution in [3.63, 3.8) is 0 Å². The number of aryl methyl sites for hydroxylation is 1. The molecule has 3 aromatic carbocycles. The summed E-state index contributed by atoms with van der Waals surface area (Å²) < 4.78 is 47.0. The second kappa shape index (κ2) is 8.70. The van der Waals surface area contributed by atoms with Crippen LogP contribution in [0.3, 0.4) is 0 Å². The molecule has 0 aliphatic carbocycles. The Morgan fingerprint density at radius 1 is 1.18 bits per heavy atom. The molecule has 33 heavy (non-hydrogen) atoms. The minimum absolute atomic E-state index is 0.0896. The maximum atomic E-state index is 15.5. The van der Waals surface area contributed by atoms with Crippen molar-refractivity contribution in [2.24, 2.45) is 0 Å². The highest BCUT2D eigenvalue weighted by molar-refractivity contribution is 7.92. The number of carbonyl (C=O) groups is 2. The molecule has 3 aromatic rings. The highest BCUT2D eigenvalue weighted by Gasteiger charge is 2.37. The van der Waals surface area contributed by atoms with Crippen LogP contribution in [0.2, 0.25) is 0 Å². The van der Waals surface area contributed by atoms with E-state index in [2.05, 4.69) is 0 Å². The Morgan fingerprint density at radius 2 is 1.94 bits per heavy atom. The monoisotopic (exact) mass is 472 g/mol. The number of anilines is 1. The van der Waals surface area contributed by atoms with E-state index in [4.69, 9.17) is 4.74 Å². The van der Waals surface area contributed by atoms with Gasteiger partial charge in [0.05, 0.1) is 6.61 Å². The minimum atomic E-state index is -4.29. The van der Waals surface area contributed by atoms with Crippen LogP contribution in [0.5, 0.6) is 5.75 Å². The number of rotatable bonds is 6. The zero-order valence-corrected chi connectivity index (χ0v) is 18.5. The lowest BCUT2D eigenvalue weighted by atomic mass is 9.97. The topological polar surface area (TPSA) is 113 Å². The van der Waals surface area contributed by atoms with Gasteiger partial charge in [-0.15, -0.1) is 0 Å². The Kier molecular flexibility index (Phi) is 5.94. The summed E-state index contributed by atoms with van der Waals surface area (Å²) in [6.07, 6.45) is 0.726. The number of aromatic hydroxyl groups is 1. The summed E-state index contributed by atoms with van der Waals surface area (Å²) in [6.45, 7) is 1.44. The smallest absolute Gasteiger partial charge is 0.326 e. The summed E-state index contributed by atoms with van der Waals surface area (Å²) in [4.78, 5) is 23.2. The number of benzene rings is 3. The van der Waals surface area contributed by atoms with E-state index in [1.165, 1.54) is 6.07 Å². The molecule has 1 aliphatic rings. The van der Waals surface area contributed by atoms with Gasteiger partial charge in [0.1, 0.15) is 18.0 Å². The van der Waals surface area contributed by atoms with Crippen molar-refractivity contribution in [1.29, 1.82) is 0 Å². The molecular weight excluding hydrogens is 451 g/mol. The van der Waals surface area contributed by atoms with Crippen LogP contribution in [0.25, 0.3) is 21.9 Å². The number of halogens is 1. The van der Waals surface area contributed by atoms with Crippen LogP contribution < -0.4 is 9.03 Å². The van der Waals surface area contributed by atoms with E-state index < -0.39 is 39.9 Å². The number of hydrogen-bond acceptors (Lipinski definition) is 6. The second-order valence-corrected chi connectivity index (χ2v) is 9.13. The molecular formula is C23H21FN2O6S. The summed E-state index contributed by atoms with van der Waals surface area (Å²) in [5, 5.41) is 10.8. The van der Waals surface area contributed by atoms with Gasteiger partial charge in [-0.25, -0.2) is 13.4 Å². The zero-order valence-electron chi connectivity index (χ0n) is 17.7. The third-order valence-electron chi connectivity index (χ3n) is 5.29. The molecule has 0 atom stereocenters. The SMILES string of the molecule is CCOC(=O)CCc1cccc(-c2ccc3cc(O)c(N4CC(=O)NS4(=O)=O)c(F)c3c2)c1. The van der Waals surface area contributed by atoms with Gasteiger partial charge >= 0.3 is 16.2 Å². The molecule has 10 heteroatoms. The Hall–Kier alpha value is -3.66. The van der Waals surface area contributed by atoms with Gasteiger partial charge in [-0.05, 0) is 47.6 Å². The first-order valence-electron chi connectivity index (χ1n) is 10.2. The molecule has 0 bridgehead atoms. The normalized spacial score (nSPS) is 15.0. The molecule has 0 spiro atoms. The zero-order chi connectivity index (χ0) is 23.8. The molecule has 2 N–H and O–H groups in total. The fourth-order valence-corrected chi connectivity index (χ4v) is 4.94. The van der Waals surface area contributed by atoms with Crippen molar-refractivity contribution < 1.29 is 32.2 Å². The summed E-state index contributed by atoms with van der Waals surface area (Å²) in [5.41, 5.74) is 1.76. The molecule has 0 saturated carbocycles. The predicted octanol–water partition coefficient (Wildman–Crippen LogP) is 3.03. The van der Waals surface area contributed by atoms with Gasteiger partial charge in [0.2, 0.25) is 0 Å². The lowest BCUT2D eigenvalue weighted by molar-refractivity contribution is -0.143. The third kappa shape index (κ3) is 4.47. The van der Waals surface area contributed by atoms with E-state index in [1.54, 1.807) is 29.8 Å². The van der Waals surface area contributed by atoms with Gasteiger partial charge in [-0.2, -0.15) is 8.42 Å². The molecule has 0 aromatic heterocycles. The van der Waals surface area contributed by atoms with E-state index in [0.29, 0.717) is 28.3 Å². The maximum absolute atomic E-state index is 15.5. The van der Waals surface area contributed by atoms with Gasteiger partial charge in [-0.3, -0.25) is 9.59 Å². The van der Waals surface area contributed by atoms with Crippen LogP contribution in [0.4, 0.5) is 10.1 Å². The van der Waals surface area contributed by atoms with Gasteiger partial charge in [0.15, 0.2) is 5.82 Å². The van der Waals surface area contributed by atoms with Gasteiger partial charge in [0.25, 0.3) is 5.91 Å². The van der Waals surface area contributed by atoms with E-state index in [1.807, 2.05) is 24.3 Å². The van der Waals surface area contributed by atoms with Crippen molar-refractivity contribution in [2.75, 3.05) is 17.5 Å². The molecule has 4 rings (SSSR count). The first-order chi connectivity index (χ1) is 15.7. The molecule has 172 valence electrons. The summed E-state index contributed by atoms with van der Waals surface area (Å²) in [7, 11) is -4.29. The van der Waals surface area contributed by atoms with Crippen molar-refractivity contribution in [3.05, 3.63) is 59.9 Å². The molecule has 1 heterocycles. The average Bonchev–Trinajstić information content (AvgIpc) is 3.04. The van der Waals surface area contributed by atoms with Crippen LogP contribution in [0.1, 0.15) is 18.9 Å². The molecule has 0 radical (unpaired) electrons. The van der Waals surface area contributed by atoms with Crippen molar-refractivity contribution in [1.82, 2.24) is 4.72 Å². The Balaban J connectivity index is 1.72. The quantitative estimate of drug-likeness (QED) is 0.534. The summed E-state index contributed by atoms with van der Waals surface area (Å²) in [6, 6.07) is 13.6. The fraction of sp³-hybridized carbons (Fsp3) is 0.217. The molecule has 0 unspecified atom stereocenters. The Labute approximate surface area is 189 Å². The van der Waals surface area contributed by atoms with Crippen molar-refractivity contribution >= 4 is 38.5 Å². The van der Waals surface area contributed by atoms with Gasteiger partial charge in [-0.1, -0.05) is 36.4 Å². The van der Waals surface area contributed by atoms with Crippen molar-refractivity contribution in [2.45, 2.75) is 19.8 Å². The molecule has 8 nitrogen and oxygen atoms in total. The number of ether oxygens (including phenoxy) is 1. The molecule has 1 saturated heterocycles. The van der Waals surface area contributed by atoms with E-state index in [9.17, 15) is 23.1 Å². The van der Waals surface area contributed by atoms with Crippen LogP contribution >= 0.6 is 0 Å². The molecule has 1 aliphatic heterocycles. The number of nitrogens with one attached hydrogen (secondary N) is 1. The summed E-state index contributed by atoms with van der Waals surface area (Å²) in [5.74, 6) is -2.64. The standard InChI is InChI=1S/C23H21FN2O6S/c1-2-32-21(29)9-6-14-4-3-5-15(10-14)16-7-8-17-12-19(27)23(22(24)18(17)11-16)26-13-20(28)25-33(26,30)31/h3-5,7-8,10-12,27H,2,6,9,13H2,1H3,(H,25,28). The number of esters is 1. The van der Waals surface area contributed by atoms with Gasteiger partial charge < -0.3 is 9.84 Å². The lowest BCUT2D eigenvalue weighted by Crippen LogP contribution is -2.30. The molecule has 1 fully saturated rings. The van der Waals surface area contributed by atoms with Crippen LogP contribution in [-0.2, 0) is 31.0 Å². The summed E-state index contributed by atoms with van der Waals surface area (Å²) >= 11 is 0. The number of carbonyl (C=O) groups excluding carboxylic acids is 2. The van der Waals surface area contributed by atoms with Crippen LogP contribution in [0, 0.1) is 5.82 Å². The van der Waals surface area contributed by atoms with Crippen LogP contribution in [-0.4, -0.2) is 38.6 Å². The number of phenolic OH excluding ortho intramolecular Hbond substituents is 1. The number of nitrogens with zero attached hydrogens (tertiary/aromatic N) is 1. The van der Waals surface area contributed by atoms with E-state index in [0.717, 1.165) is 11.1 Å². The fourth-order valence-electron chi connectivity index (χ4n) is 3.78. The number of phenols is 1. The van der Waals surface area contributed by atoms with Crippen LogP contribution in [0.15, 0.2) is 48.5 Å². The number of amides is 1. The third-order valence-corrected chi connectivity index (χ3v) is 6.66. The lowest BCUT2D eigenvalue weighted by Gasteiger charge is -2.18. The first kappa shape index (κ1) is 22.5. The number of hydrogen-bond donors (Lipinski definition) is 2. The largest absolute Gasteiger partial charge is 0.506 e. The molecule has 1 amide bonds. The highest BCUT2D eigenvalue weighted by atomic mass is 32.2. The van der Waals surface area contributed by atoms with Crippen molar-refractivity contribution in [3.8, 4) is 16.9 Å². The Bertz CT molecular complexity index is 1370. The van der Waals surface area contributed by atoms with Gasteiger partial charge in [0, 0.05) is 11.8 Å². The second-order valence-electron chi connectivity index (χ2n) is 7.54. The first-order valence-corrected chi connectivity index (χ1v) is 11.7. The van der Waals surface area contributed by atoms with E-state index in [-0.39, 0.29) is 17.8 Å². The Morgan fingerprint density at radius 3 is 2.64 bits per heavy atom. The minimum Gasteiger partial charge on any atom is -0.506 e. The van der Waals surface area contributed by atoms with E-state index >= 15 is 4.39 Å². The average molecular weight is 472 g/mol.